The van der Waals surface area contributed by atoms with E-state index in [-0.39, 0.29) is 5.56 Å². The van der Waals surface area contributed by atoms with E-state index in [9.17, 15) is 17.6 Å². The monoisotopic (exact) mass is 280 g/mol. The van der Waals surface area contributed by atoms with E-state index in [1.807, 2.05) is 6.07 Å². The van der Waals surface area contributed by atoms with Crippen molar-refractivity contribution in [2.24, 2.45) is 0 Å². The molecule has 0 radical (unpaired) electrons. The van der Waals surface area contributed by atoms with Crippen LogP contribution in [0.2, 0.25) is 0 Å². The van der Waals surface area contributed by atoms with Crippen LogP contribution in [0.25, 0.3) is 0 Å². The zero-order valence-corrected chi connectivity index (χ0v) is 10.0. The molecule has 0 saturated carbocycles. The minimum Gasteiger partial charge on any atom is -0.406 e. The van der Waals surface area contributed by atoms with Gasteiger partial charge in [-0.2, -0.15) is 0 Å². The molecule has 2 rings (SSSR count). The molecule has 0 bridgehead atoms. The quantitative estimate of drug-likeness (QED) is 0.564. The van der Waals surface area contributed by atoms with Gasteiger partial charge in [0.1, 0.15) is 11.6 Å². The lowest BCUT2D eigenvalue weighted by Crippen LogP contribution is -2.17. The van der Waals surface area contributed by atoms with Gasteiger partial charge in [0.2, 0.25) is 0 Å². The molecule has 0 amide bonds. The molecule has 20 heavy (non-hydrogen) atoms. The summed E-state index contributed by atoms with van der Waals surface area (Å²) >= 11 is 0. The molecule has 0 heterocycles. The predicted octanol–water partition coefficient (Wildman–Crippen LogP) is 4.12. The lowest BCUT2D eigenvalue weighted by Gasteiger charge is -2.08. The average molecular weight is 280 g/mol. The van der Waals surface area contributed by atoms with Gasteiger partial charge in [0.05, 0.1) is 5.56 Å². The lowest BCUT2D eigenvalue weighted by molar-refractivity contribution is -0.274. The van der Waals surface area contributed by atoms with E-state index in [1.165, 1.54) is 0 Å². The van der Waals surface area contributed by atoms with Crippen molar-refractivity contribution in [2.45, 2.75) is 6.36 Å². The number of hydrogen-bond donors (Lipinski definition) is 0. The van der Waals surface area contributed by atoms with Crippen molar-refractivity contribution in [3.63, 3.8) is 0 Å². The van der Waals surface area contributed by atoms with E-state index in [4.69, 9.17) is 0 Å². The Morgan fingerprint density at radius 3 is 2.20 bits per heavy atom. The molecule has 0 spiro atoms. The molecule has 0 unspecified atom stereocenters. The fourth-order valence-corrected chi connectivity index (χ4v) is 1.46. The van der Waals surface area contributed by atoms with Crippen LogP contribution in [0.4, 0.5) is 17.6 Å². The lowest BCUT2D eigenvalue weighted by atomic mass is 10.1. The number of benzene rings is 2. The minimum absolute atomic E-state index is 0.00313. The molecule has 1 nitrogen and oxygen atoms in total. The number of ether oxygens (including phenoxy) is 1. The van der Waals surface area contributed by atoms with Crippen LogP contribution in [0.15, 0.2) is 48.5 Å². The van der Waals surface area contributed by atoms with Gasteiger partial charge >= 0.3 is 6.36 Å². The summed E-state index contributed by atoms with van der Waals surface area (Å²) in [4.78, 5) is 0. The maximum absolute atomic E-state index is 13.6. The molecule has 0 saturated heterocycles. The van der Waals surface area contributed by atoms with Gasteiger partial charge < -0.3 is 4.74 Å². The fourth-order valence-electron chi connectivity index (χ4n) is 1.46. The highest BCUT2D eigenvalue weighted by Gasteiger charge is 2.31. The van der Waals surface area contributed by atoms with Crippen LogP contribution in [0.1, 0.15) is 11.1 Å². The molecule has 2 aromatic rings. The maximum Gasteiger partial charge on any atom is 0.573 e. The van der Waals surface area contributed by atoms with E-state index in [2.05, 4.69) is 16.6 Å². The summed E-state index contributed by atoms with van der Waals surface area (Å²) in [6.07, 6.45) is -4.84. The van der Waals surface area contributed by atoms with E-state index < -0.39 is 17.9 Å². The molecule has 102 valence electrons. The Morgan fingerprint density at radius 1 is 0.900 bits per heavy atom. The topological polar surface area (TPSA) is 9.23 Å². The van der Waals surface area contributed by atoms with E-state index in [1.54, 1.807) is 24.3 Å². The number of alkyl halides is 3. The first-order chi connectivity index (χ1) is 9.44. The van der Waals surface area contributed by atoms with Crippen molar-refractivity contribution in [3.05, 3.63) is 65.5 Å². The van der Waals surface area contributed by atoms with Gasteiger partial charge in [-0.25, -0.2) is 4.39 Å². The van der Waals surface area contributed by atoms with Gasteiger partial charge in [-0.1, -0.05) is 30.0 Å². The Hall–Kier alpha value is -2.48. The van der Waals surface area contributed by atoms with Crippen LogP contribution < -0.4 is 4.74 Å². The van der Waals surface area contributed by atoms with Crippen molar-refractivity contribution in [1.29, 1.82) is 0 Å². The highest BCUT2D eigenvalue weighted by molar-refractivity contribution is 5.45. The molecule has 0 atom stereocenters. The first-order valence-corrected chi connectivity index (χ1v) is 5.56. The van der Waals surface area contributed by atoms with Crippen LogP contribution in [0, 0.1) is 17.7 Å². The summed E-state index contributed by atoms with van der Waals surface area (Å²) in [6.45, 7) is 0. The number of halogens is 4. The normalized spacial score (nSPS) is 10.6. The molecular formula is C15H8F4O. The summed E-state index contributed by atoms with van der Waals surface area (Å²) in [5.74, 6) is 3.80. The summed E-state index contributed by atoms with van der Waals surface area (Å²) < 4.78 is 53.1. The van der Waals surface area contributed by atoms with Crippen molar-refractivity contribution in [2.75, 3.05) is 0 Å². The van der Waals surface area contributed by atoms with E-state index >= 15 is 0 Å². The van der Waals surface area contributed by atoms with E-state index in [0.29, 0.717) is 11.6 Å². The molecule has 2 aromatic carbocycles. The van der Waals surface area contributed by atoms with E-state index in [0.717, 1.165) is 12.1 Å². The second-order valence-electron chi connectivity index (χ2n) is 3.81. The van der Waals surface area contributed by atoms with Gasteiger partial charge in [0.15, 0.2) is 0 Å². The highest BCUT2D eigenvalue weighted by Crippen LogP contribution is 2.24. The summed E-state index contributed by atoms with van der Waals surface area (Å²) in [5, 5.41) is 0. The van der Waals surface area contributed by atoms with Gasteiger partial charge in [0.25, 0.3) is 0 Å². The molecular weight excluding hydrogens is 272 g/mol. The second-order valence-corrected chi connectivity index (χ2v) is 3.81. The summed E-state index contributed by atoms with van der Waals surface area (Å²) in [7, 11) is 0. The second kappa shape index (κ2) is 5.66. The van der Waals surface area contributed by atoms with Gasteiger partial charge in [-0.3, -0.25) is 0 Å². The predicted molar refractivity (Wildman–Crippen MR) is 65.5 cm³/mol. The van der Waals surface area contributed by atoms with Gasteiger partial charge in [-0.15, -0.1) is 13.2 Å². The molecule has 0 aliphatic rings. The van der Waals surface area contributed by atoms with Crippen LogP contribution in [-0.4, -0.2) is 6.36 Å². The fraction of sp³-hybridized carbons (Fsp3) is 0.0667. The van der Waals surface area contributed by atoms with Crippen molar-refractivity contribution in [3.8, 4) is 17.6 Å². The first kappa shape index (κ1) is 13.9. The first-order valence-electron chi connectivity index (χ1n) is 5.56. The van der Waals surface area contributed by atoms with Gasteiger partial charge in [0, 0.05) is 11.6 Å². The van der Waals surface area contributed by atoms with Crippen LogP contribution >= 0.6 is 0 Å². The smallest absolute Gasteiger partial charge is 0.406 e. The Bertz CT molecular complexity index is 651. The third-order valence-electron chi connectivity index (χ3n) is 2.29. The number of hydrogen-bond acceptors (Lipinski definition) is 1. The Kier molecular flexibility index (Phi) is 3.94. The molecule has 0 fully saturated rings. The molecule has 5 heteroatoms. The van der Waals surface area contributed by atoms with Crippen molar-refractivity contribution >= 4 is 0 Å². The summed E-state index contributed by atoms with van der Waals surface area (Å²) in [5.41, 5.74) is 0.686. The SMILES string of the molecule is Fc1cc(OC(F)(F)F)ccc1C#Cc1ccccc1. The largest absolute Gasteiger partial charge is 0.573 e. The van der Waals surface area contributed by atoms with Crippen LogP contribution in [-0.2, 0) is 0 Å². The third-order valence-corrected chi connectivity index (χ3v) is 2.29. The Balaban J connectivity index is 2.21. The van der Waals surface area contributed by atoms with Crippen LogP contribution in [0.5, 0.6) is 5.75 Å². The van der Waals surface area contributed by atoms with Gasteiger partial charge in [-0.05, 0) is 24.3 Å². The zero-order chi connectivity index (χ0) is 14.6. The average Bonchev–Trinajstić information content (AvgIpc) is 2.37. The maximum atomic E-state index is 13.6. The molecule has 0 aliphatic carbocycles. The summed E-state index contributed by atoms with van der Waals surface area (Å²) in [6, 6.07) is 11.7. The van der Waals surface area contributed by atoms with Crippen molar-refractivity contribution in [1.82, 2.24) is 0 Å². The molecule has 0 aliphatic heterocycles. The number of rotatable bonds is 1. The Labute approximate surface area is 112 Å². The zero-order valence-electron chi connectivity index (χ0n) is 10.0. The molecule has 0 N–H and O–H groups in total. The Morgan fingerprint density at radius 2 is 1.60 bits per heavy atom. The third kappa shape index (κ3) is 4.02. The van der Waals surface area contributed by atoms with Crippen LogP contribution in [0.3, 0.4) is 0 Å². The van der Waals surface area contributed by atoms with Crippen molar-refractivity contribution < 1.29 is 22.3 Å². The minimum atomic E-state index is -4.84. The standard InChI is InChI=1S/C15H8F4O/c16-14-10-13(20-15(17,18)19)9-8-12(14)7-6-11-4-2-1-3-5-11/h1-5,8-10H. The molecule has 0 aromatic heterocycles. The highest BCUT2D eigenvalue weighted by atomic mass is 19.4.